The van der Waals surface area contributed by atoms with Crippen molar-refractivity contribution in [2.24, 2.45) is 4.99 Å². The monoisotopic (exact) mass is 445 g/mol. The summed E-state index contributed by atoms with van der Waals surface area (Å²) in [7, 11) is 0. The molecular weight excluding hydrogens is 418 g/mol. The number of rotatable bonds is 6. The van der Waals surface area contributed by atoms with Gasteiger partial charge in [0.15, 0.2) is 0 Å². The first-order chi connectivity index (χ1) is 15.9. The van der Waals surface area contributed by atoms with E-state index in [1.165, 1.54) is 12.5 Å². The minimum atomic E-state index is -0.770. The summed E-state index contributed by atoms with van der Waals surface area (Å²) in [6.45, 7) is 5.28. The van der Waals surface area contributed by atoms with E-state index in [1.807, 2.05) is 36.3 Å². The summed E-state index contributed by atoms with van der Waals surface area (Å²) >= 11 is 0. The lowest BCUT2D eigenvalue weighted by Crippen LogP contribution is -2.49. The molecule has 0 saturated carbocycles. The molecule has 2 aliphatic rings. The highest BCUT2D eigenvalue weighted by Gasteiger charge is 2.46. The molecule has 8 nitrogen and oxygen atoms in total. The molecule has 0 aliphatic carbocycles. The smallest absolute Gasteiger partial charge is 0.253 e. The van der Waals surface area contributed by atoms with Crippen molar-refractivity contribution in [1.82, 2.24) is 10.4 Å². The van der Waals surface area contributed by atoms with Crippen LogP contribution in [0.5, 0.6) is 0 Å². The van der Waals surface area contributed by atoms with Gasteiger partial charge in [-0.2, -0.15) is 10.3 Å². The average molecular weight is 446 g/mol. The molecular formula is C25H27N5O3. The number of benzene rings is 2. The summed E-state index contributed by atoms with van der Waals surface area (Å²) in [6.07, 6.45) is 1.90. The molecule has 4 rings (SSSR count). The van der Waals surface area contributed by atoms with Crippen LogP contribution in [0.15, 0.2) is 47.5 Å². The van der Waals surface area contributed by atoms with Crippen molar-refractivity contribution in [2.45, 2.75) is 38.6 Å². The second kappa shape index (κ2) is 9.53. The lowest BCUT2D eigenvalue weighted by molar-refractivity contribution is -0.176. The van der Waals surface area contributed by atoms with E-state index in [9.17, 15) is 9.59 Å². The molecule has 0 radical (unpaired) electrons. The third-order valence-electron chi connectivity index (χ3n) is 6.10. The first kappa shape index (κ1) is 22.6. The largest absolute Gasteiger partial charge is 0.326 e. The number of carbonyl (C=O) groups is 2. The molecule has 170 valence electrons. The predicted octanol–water partition coefficient (Wildman–Crippen LogP) is 2.71. The second-order valence-electron chi connectivity index (χ2n) is 8.47. The Bertz CT molecular complexity index is 1140. The molecule has 8 heteroatoms. The maximum absolute atomic E-state index is 12.8. The van der Waals surface area contributed by atoms with Crippen LogP contribution in [-0.4, -0.2) is 47.9 Å². The average Bonchev–Trinajstić information content (AvgIpc) is 3.12. The first-order valence-electron chi connectivity index (χ1n) is 11.1. The molecule has 1 fully saturated rings. The number of amides is 2. The summed E-state index contributed by atoms with van der Waals surface area (Å²) < 4.78 is 0. The molecule has 2 N–H and O–H groups in total. The van der Waals surface area contributed by atoms with Gasteiger partial charge in [-0.25, -0.2) is 0 Å². The Morgan fingerprint density at radius 2 is 2.06 bits per heavy atom. The number of nitrogens with zero attached hydrogens (tertiary/aromatic N) is 3. The van der Waals surface area contributed by atoms with Crippen LogP contribution in [-0.2, 0) is 20.8 Å². The lowest BCUT2D eigenvalue weighted by atomic mass is 9.89. The fourth-order valence-electron chi connectivity index (χ4n) is 4.26. The number of hydrogen-bond donors (Lipinski definition) is 2. The van der Waals surface area contributed by atoms with E-state index in [2.05, 4.69) is 16.7 Å². The number of carbonyl (C=O) groups excluding carboxylic acids is 2. The van der Waals surface area contributed by atoms with Gasteiger partial charge < -0.3 is 10.6 Å². The van der Waals surface area contributed by atoms with Gasteiger partial charge in [-0.05, 0) is 61.6 Å². The van der Waals surface area contributed by atoms with E-state index < -0.39 is 5.54 Å². The topological polar surface area (TPSA) is 107 Å². The number of aryl methyl sites for hydroxylation is 1. The molecule has 2 aliphatic heterocycles. The summed E-state index contributed by atoms with van der Waals surface area (Å²) in [5.74, 6) is 0.357. The number of nitrogens with one attached hydrogen (secondary N) is 2. The standard InChI is InChI=1S/C25H27N5O3/c1-17-14-22(27-18(2)31)7-6-20(17)8-13-33-30-11-9-25(10-12-30)24(32)28-23(29-25)21-5-3-4-19(15-21)16-26/h3-7,14-15H,8-13H2,1-2H3,(H,27,31)(H,28,29,32). The predicted molar refractivity (Wildman–Crippen MR) is 125 cm³/mol. The normalized spacial score (nSPS) is 17.4. The van der Waals surface area contributed by atoms with Crippen molar-refractivity contribution >= 4 is 23.3 Å². The zero-order valence-electron chi connectivity index (χ0n) is 18.9. The van der Waals surface area contributed by atoms with Crippen LogP contribution in [0.2, 0.25) is 0 Å². The summed E-state index contributed by atoms with van der Waals surface area (Å²) in [5, 5.41) is 16.7. The van der Waals surface area contributed by atoms with Gasteiger partial charge in [0.2, 0.25) is 5.91 Å². The van der Waals surface area contributed by atoms with Crippen LogP contribution >= 0.6 is 0 Å². The molecule has 0 atom stereocenters. The van der Waals surface area contributed by atoms with E-state index in [-0.39, 0.29) is 11.8 Å². The highest BCUT2D eigenvalue weighted by atomic mass is 16.7. The Hall–Kier alpha value is -3.54. The highest BCUT2D eigenvalue weighted by Crippen LogP contribution is 2.31. The van der Waals surface area contributed by atoms with Crippen molar-refractivity contribution in [2.75, 3.05) is 25.0 Å². The van der Waals surface area contributed by atoms with Crippen molar-refractivity contribution in [1.29, 1.82) is 5.26 Å². The lowest BCUT2D eigenvalue weighted by Gasteiger charge is -2.34. The summed E-state index contributed by atoms with van der Waals surface area (Å²) in [6, 6.07) is 15.1. The SMILES string of the molecule is CC(=O)Nc1ccc(CCON2CCC3(CC2)N=C(c2cccc(C#N)c2)NC3=O)c(C)c1. The third-order valence-corrected chi connectivity index (χ3v) is 6.10. The van der Waals surface area contributed by atoms with Crippen LogP contribution < -0.4 is 10.6 Å². The van der Waals surface area contributed by atoms with Gasteiger partial charge in [-0.1, -0.05) is 18.2 Å². The van der Waals surface area contributed by atoms with Crippen LogP contribution in [0, 0.1) is 18.3 Å². The molecule has 1 saturated heterocycles. The van der Waals surface area contributed by atoms with Gasteiger partial charge >= 0.3 is 0 Å². The van der Waals surface area contributed by atoms with Crippen molar-refractivity contribution in [3.8, 4) is 6.07 Å². The summed E-state index contributed by atoms with van der Waals surface area (Å²) in [5.41, 5.74) is 3.58. The number of nitriles is 1. The number of hydrogen-bond acceptors (Lipinski definition) is 6. The van der Waals surface area contributed by atoms with Gasteiger partial charge in [0, 0.05) is 31.3 Å². The van der Waals surface area contributed by atoms with E-state index in [0.717, 1.165) is 23.2 Å². The van der Waals surface area contributed by atoms with E-state index in [1.54, 1.807) is 18.2 Å². The molecule has 0 unspecified atom stereocenters. The number of amidine groups is 1. The molecule has 2 aromatic rings. The van der Waals surface area contributed by atoms with E-state index >= 15 is 0 Å². The minimum Gasteiger partial charge on any atom is -0.326 e. The second-order valence-corrected chi connectivity index (χ2v) is 8.47. The first-order valence-corrected chi connectivity index (χ1v) is 11.1. The number of piperidine rings is 1. The molecule has 1 spiro atoms. The Balaban J connectivity index is 1.31. The quantitative estimate of drug-likeness (QED) is 0.711. The molecule has 2 amide bonds. The van der Waals surface area contributed by atoms with E-state index in [4.69, 9.17) is 15.1 Å². The van der Waals surface area contributed by atoms with Crippen molar-refractivity contribution < 1.29 is 14.4 Å². The molecule has 2 heterocycles. The van der Waals surface area contributed by atoms with Gasteiger partial charge in [0.25, 0.3) is 5.91 Å². The third kappa shape index (κ3) is 5.11. The Morgan fingerprint density at radius 1 is 1.27 bits per heavy atom. The van der Waals surface area contributed by atoms with Gasteiger partial charge in [-0.15, -0.1) is 0 Å². The van der Waals surface area contributed by atoms with Crippen molar-refractivity contribution in [3.05, 3.63) is 64.7 Å². The Morgan fingerprint density at radius 3 is 2.76 bits per heavy atom. The van der Waals surface area contributed by atoms with Crippen LogP contribution in [0.4, 0.5) is 5.69 Å². The van der Waals surface area contributed by atoms with Gasteiger partial charge in [-0.3, -0.25) is 19.4 Å². The number of aliphatic imine (C=N–C) groups is 1. The maximum Gasteiger partial charge on any atom is 0.253 e. The van der Waals surface area contributed by atoms with Gasteiger partial charge in [0.1, 0.15) is 11.4 Å². The van der Waals surface area contributed by atoms with Crippen LogP contribution in [0.1, 0.15) is 42.0 Å². The maximum atomic E-state index is 12.8. The fourth-order valence-corrected chi connectivity index (χ4v) is 4.26. The van der Waals surface area contributed by atoms with Gasteiger partial charge in [0.05, 0.1) is 18.2 Å². The van der Waals surface area contributed by atoms with E-state index in [0.29, 0.717) is 43.9 Å². The molecule has 0 aromatic heterocycles. The Kier molecular flexibility index (Phi) is 6.54. The molecule has 33 heavy (non-hydrogen) atoms. The minimum absolute atomic E-state index is 0.0866. The zero-order valence-corrected chi connectivity index (χ0v) is 18.9. The zero-order chi connectivity index (χ0) is 23.4. The van der Waals surface area contributed by atoms with Crippen molar-refractivity contribution in [3.63, 3.8) is 0 Å². The van der Waals surface area contributed by atoms with Crippen LogP contribution in [0.3, 0.4) is 0 Å². The highest BCUT2D eigenvalue weighted by molar-refractivity contribution is 6.15. The summed E-state index contributed by atoms with van der Waals surface area (Å²) in [4.78, 5) is 34.7. The van der Waals surface area contributed by atoms with Crippen LogP contribution in [0.25, 0.3) is 0 Å². The Labute approximate surface area is 193 Å². The molecule has 0 bridgehead atoms. The number of anilines is 1. The fraction of sp³-hybridized carbons (Fsp3) is 0.360. The number of hydroxylamine groups is 2. The molecule has 2 aromatic carbocycles.